The van der Waals surface area contributed by atoms with E-state index in [9.17, 15) is 19.7 Å². The van der Waals surface area contributed by atoms with E-state index in [1.165, 1.54) is 23.9 Å². The van der Waals surface area contributed by atoms with Crippen molar-refractivity contribution in [3.8, 4) is 5.75 Å². The number of hydrogen-bond donors (Lipinski definition) is 2. The van der Waals surface area contributed by atoms with E-state index in [-0.39, 0.29) is 17.3 Å². The fourth-order valence-electron chi connectivity index (χ4n) is 1.95. The fourth-order valence-corrected chi connectivity index (χ4v) is 2.74. The highest BCUT2D eigenvalue weighted by Crippen LogP contribution is 2.18. The Morgan fingerprint density at radius 2 is 1.77 bits per heavy atom. The summed E-state index contributed by atoms with van der Waals surface area (Å²) in [4.78, 5) is 32.5. The number of nitro benzene ring substituents is 1. The zero-order chi connectivity index (χ0) is 18.9. The van der Waals surface area contributed by atoms with Crippen LogP contribution in [0.4, 0.5) is 11.4 Å². The predicted molar refractivity (Wildman–Crippen MR) is 97.5 cm³/mol. The monoisotopic (exact) mass is 376 g/mol. The lowest BCUT2D eigenvalue weighted by molar-refractivity contribution is -0.384. The van der Waals surface area contributed by atoms with Gasteiger partial charge in [0, 0.05) is 23.6 Å². The standard InChI is InChI=1S/C17H16N2O6S/c20-16(11-26-10-12-1-5-14(6-2-12)19(23)24)18-13-3-7-15(8-4-13)25-9-17(21)22/h1-8H,9-11H2,(H,18,20)(H,21,22). The lowest BCUT2D eigenvalue weighted by Gasteiger charge is -2.07. The molecule has 0 atom stereocenters. The Morgan fingerprint density at radius 1 is 1.12 bits per heavy atom. The van der Waals surface area contributed by atoms with Crippen LogP contribution in [0.15, 0.2) is 48.5 Å². The summed E-state index contributed by atoms with van der Waals surface area (Å²) in [6.07, 6.45) is 0. The summed E-state index contributed by atoms with van der Waals surface area (Å²) in [6, 6.07) is 12.6. The summed E-state index contributed by atoms with van der Waals surface area (Å²) in [5.41, 5.74) is 1.51. The number of amides is 1. The van der Waals surface area contributed by atoms with E-state index in [1.807, 2.05) is 0 Å². The van der Waals surface area contributed by atoms with Crippen molar-refractivity contribution in [3.05, 3.63) is 64.2 Å². The first-order valence-electron chi connectivity index (χ1n) is 7.49. The minimum absolute atomic E-state index is 0.0345. The zero-order valence-electron chi connectivity index (χ0n) is 13.6. The molecule has 2 aromatic rings. The number of nitrogens with zero attached hydrogens (tertiary/aromatic N) is 1. The van der Waals surface area contributed by atoms with Gasteiger partial charge >= 0.3 is 5.97 Å². The van der Waals surface area contributed by atoms with Crippen LogP contribution in [-0.4, -0.2) is 34.3 Å². The minimum atomic E-state index is -1.06. The molecule has 2 aromatic carbocycles. The molecule has 2 rings (SSSR count). The summed E-state index contributed by atoms with van der Waals surface area (Å²) in [6.45, 7) is -0.426. The molecule has 0 saturated carbocycles. The molecule has 8 nitrogen and oxygen atoms in total. The molecule has 26 heavy (non-hydrogen) atoms. The number of thioether (sulfide) groups is 1. The van der Waals surface area contributed by atoms with Crippen LogP contribution < -0.4 is 10.1 Å². The minimum Gasteiger partial charge on any atom is -0.482 e. The van der Waals surface area contributed by atoms with Crippen molar-refractivity contribution in [1.82, 2.24) is 0 Å². The zero-order valence-corrected chi connectivity index (χ0v) is 14.4. The van der Waals surface area contributed by atoms with E-state index in [4.69, 9.17) is 9.84 Å². The number of anilines is 1. The molecule has 0 fully saturated rings. The molecule has 136 valence electrons. The van der Waals surface area contributed by atoms with Gasteiger partial charge in [-0.2, -0.15) is 0 Å². The van der Waals surface area contributed by atoms with Gasteiger partial charge in [0.2, 0.25) is 5.91 Å². The largest absolute Gasteiger partial charge is 0.482 e. The molecule has 0 aliphatic heterocycles. The smallest absolute Gasteiger partial charge is 0.341 e. The maximum absolute atomic E-state index is 11.9. The van der Waals surface area contributed by atoms with Crippen LogP contribution in [0.2, 0.25) is 0 Å². The molecule has 0 heterocycles. The van der Waals surface area contributed by atoms with E-state index >= 15 is 0 Å². The number of aliphatic carboxylic acids is 1. The van der Waals surface area contributed by atoms with Gasteiger partial charge in [-0.05, 0) is 29.8 Å². The second-order valence-electron chi connectivity index (χ2n) is 5.17. The van der Waals surface area contributed by atoms with E-state index in [1.54, 1.807) is 36.4 Å². The van der Waals surface area contributed by atoms with Gasteiger partial charge in [-0.1, -0.05) is 12.1 Å². The highest BCUT2D eigenvalue weighted by Gasteiger charge is 2.06. The number of carboxylic acids is 1. The molecular weight excluding hydrogens is 360 g/mol. The van der Waals surface area contributed by atoms with Crippen molar-refractivity contribution in [2.24, 2.45) is 0 Å². The number of hydrogen-bond acceptors (Lipinski definition) is 6. The SMILES string of the molecule is O=C(O)COc1ccc(NC(=O)CSCc2ccc([N+](=O)[O-])cc2)cc1. The van der Waals surface area contributed by atoms with Crippen molar-refractivity contribution in [1.29, 1.82) is 0 Å². The highest BCUT2D eigenvalue weighted by molar-refractivity contribution is 7.99. The number of carbonyl (C=O) groups excluding carboxylic acids is 1. The summed E-state index contributed by atoms with van der Waals surface area (Å²) >= 11 is 1.39. The van der Waals surface area contributed by atoms with Crippen molar-refractivity contribution < 1.29 is 24.4 Å². The average molecular weight is 376 g/mol. The summed E-state index contributed by atoms with van der Waals surface area (Å²) in [7, 11) is 0. The van der Waals surface area contributed by atoms with Gasteiger partial charge in [0.05, 0.1) is 10.7 Å². The Labute approximate surface area is 153 Å². The van der Waals surface area contributed by atoms with E-state index < -0.39 is 17.5 Å². The van der Waals surface area contributed by atoms with Gasteiger partial charge < -0.3 is 15.2 Å². The molecular formula is C17H16N2O6S. The molecule has 0 saturated heterocycles. The van der Waals surface area contributed by atoms with Crippen LogP contribution in [0.25, 0.3) is 0 Å². The second-order valence-corrected chi connectivity index (χ2v) is 6.16. The fraction of sp³-hybridized carbons (Fsp3) is 0.176. The maximum Gasteiger partial charge on any atom is 0.341 e. The molecule has 0 radical (unpaired) electrons. The lowest BCUT2D eigenvalue weighted by Crippen LogP contribution is -2.14. The third-order valence-electron chi connectivity index (χ3n) is 3.15. The third-order valence-corrected chi connectivity index (χ3v) is 4.15. The first kappa shape index (κ1) is 19.3. The second kappa shape index (κ2) is 9.42. The number of nitro groups is 1. The van der Waals surface area contributed by atoms with Gasteiger partial charge in [0.25, 0.3) is 5.69 Å². The molecule has 9 heteroatoms. The molecule has 1 amide bonds. The Balaban J connectivity index is 1.74. The molecule has 2 N–H and O–H groups in total. The number of carbonyl (C=O) groups is 2. The molecule has 0 aliphatic carbocycles. The first-order chi connectivity index (χ1) is 12.4. The topological polar surface area (TPSA) is 119 Å². The van der Waals surface area contributed by atoms with Crippen molar-refractivity contribution in [3.63, 3.8) is 0 Å². The Bertz CT molecular complexity index is 777. The number of ether oxygens (including phenoxy) is 1. The lowest BCUT2D eigenvalue weighted by atomic mass is 10.2. The van der Waals surface area contributed by atoms with Crippen LogP contribution in [0.3, 0.4) is 0 Å². The first-order valence-corrected chi connectivity index (χ1v) is 8.65. The number of carboxylic acid groups (broad SMARTS) is 1. The van der Waals surface area contributed by atoms with E-state index in [2.05, 4.69) is 5.32 Å². The summed E-state index contributed by atoms with van der Waals surface area (Å²) in [5, 5.41) is 21.9. The molecule has 0 spiro atoms. The van der Waals surface area contributed by atoms with E-state index in [0.29, 0.717) is 17.2 Å². The van der Waals surface area contributed by atoms with Crippen LogP contribution >= 0.6 is 11.8 Å². The quantitative estimate of drug-likeness (QED) is 0.510. The molecule has 0 unspecified atom stereocenters. The molecule has 0 bridgehead atoms. The normalized spacial score (nSPS) is 10.2. The third kappa shape index (κ3) is 6.44. The predicted octanol–water partition coefficient (Wildman–Crippen LogP) is 2.93. The number of rotatable bonds is 9. The number of non-ortho nitro benzene ring substituents is 1. The summed E-state index contributed by atoms with van der Waals surface area (Å²) < 4.78 is 5.01. The molecule has 0 aromatic heterocycles. The maximum atomic E-state index is 11.9. The molecule has 0 aliphatic rings. The van der Waals surface area contributed by atoms with E-state index in [0.717, 1.165) is 5.56 Å². The Kier molecular flexibility index (Phi) is 6.98. The van der Waals surface area contributed by atoms with Gasteiger partial charge in [0.15, 0.2) is 6.61 Å². The Hall–Kier alpha value is -3.07. The van der Waals surface area contributed by atoms with Gasteiger partial charge in [-0.15, -0.1) is 11.8 Å². The number of nitrogens with one attached hydrogen (secondary N) is 1. The highest BCUT2D eigenvalue weighted by atomic mass is 32.2. The van der Waals surface area contributed by atoms with Gasteiger partial charge in [-0.25, -0.2) is 4.79 Å². The van der Waals surface area contributed by atoms with Crippen LogP contribution in [0.1, 0.15) is 5.56 Å². The van der Waals surface area contributed by atoms with Crippen LogP contribution in [0, 0.1) is 10.1 Å². The van der Waals surface area contributed by atoms with Gasteiger partial charge in [-0.3, -0.25) is 14.9 Å². The Morgan fingerprint density at radius 3 is 2.35 bits per heavy atom. The van der Waals surface area contributed by atoms with Crippen LogP contribution in [0.5, 0.6) is 5.75 Å². The van der Waals surface area contributed by atoms with Crippen molar-refractivity contribution in [2.45, 2.75) is 5.75 Å². The van der Waals surface area contributed by atoms with Crippen molar-refractivity contribution in [2.75, 3.05) is 17.7 Å². The van der Waals surface area contributed by atoms with Crippen LogP contribution in [-0.2, 0) is 15.3 Å². The average Bonchev–Trinajstić information content (AvgIpc) is 2.61. The number of benzene rings is 2. The van der Waals surface area contributed by atoms with Gasteiger partial charge in [0.1, 0.15) is 5.75 Å². The summed E-state index contributed by atoms with van der Waals surface area (Å²) in [5.74, 6) is -0.0526. The van der Waals surface area contributed by atoms with Crippen molar-refractivity contribution >= 4 is 35.0 Å².